The Balaban J connectivity index is 3.34. The van der Waals surface area contributed by atoms with E-state index in [2.05, 4.69) is 11.7 Å². The van der Waals surface area contributed by atoms with E-state index in [1.165, 1.54) is 12.1 Å². The van der Waals surface area contributed by atoms with E-state index in [0.717, 1.165) is 6.07 Å². The van der Waals surface area contributed by atoms with Crippen molar-refractivity contribution in [2.45, 2.75) is 12.3 Å². The van der Waals surface area contributed by atoms with E-state index in [0.29, 0.717) is 0 Å². The van der Waals surface area contributed by atoms with E-state index in [1.54, 1.807) is 0 Å². The summed E-state index contributed by atoms with van der Waals surface area (Å²) in [5.74, 6) is -1.90. The van der Waals surface area contributed by atoms with Gasteiger partial charge in [-0.2, -0.15) is 0 Å². The molecule has 99 valence electrons. The lowest BCUT2D eigenvalue weighted by atomic mass is 10.0. The molecule has 1 N–H and O–H groups in total. The number of nitrogens with zero attached hydrogens (tertiary/aromatic N) is 1. The Morgan fingerprint density at radius 1 is 1.50 bits per heavy atom. The van der Waals surface area contributed by atoms with Gasteiger partial charge < -0.3 is 9.84 Å². The fraction of sp³-hybridized carbons (Fsp3) is 0.300. The Kier molecular flexibility index (Phi) is 4.12. The SMILES string of the molecule is [CH2]C(CO)c1cccc([N+](=O)[O-])c1OC(F)(F)F. The van der Waals surface area contributed by atoms with Gasteiger partial charge in [-0.05, 0) is 6.92 Å². The van der Waals surface area contributed by atoms with Gasteiger partial charge in [-0.1, -0.05) is 12.1 Å². The van der Waals surface area contributed by atoms with Crippen molar-refractivity contribution in [3.8, 4) is 5.75 Å². The van der Waals surface area contributed by atoms with Crippen molar-refractivity contribution in [1.82, 2.24) is 0 Å². The molecule has 0 aliphatic rings. The molecule has 0 bridgehead atoms. The zero-order valence-corrected chi connectivity index (χ0v) is 8.98. The summed E-state index contributed by atoms with van der Waals surface area (Å²) in [5, 5.41) is 19.5. The van der Waals surface area contributed by atoms with Crippen LogP contribution in [0, 0.1) is 17.0 Å². The molecule has 0 heterocycles. The highest BCUT2D eigenvalue weighted by atomic mass is 19.4. The van der Waals surface area contributed by atoms with Crippen LogP contribution in [0.4, 0.5) is 18.9 Å². The molecule has 1 aromatic carbocycles. The van der Waals surface area contributed by atoms with Gasteiger partial charge in [0, 0.05) is 17.5 Å². The topological polar surface area (TPSA) is 72.6 Å². The van der Waals surface area contributed by atoms with E-state index in [1.807, 2.05) is 0 Å². The van der Waals surface area contributed by atoms with Gasteiger partial charge in [-0.3, -0.25) is 10.1 Å². The molecule has 0 aromatic heterocycles. The second kappa shape index (κ2) is 5.21. The first-order chi connectivity index (χ1) is 8.26. The molecular weight excluding hydrogens is 255 g/mol. The first-order valence-corrected chi connectivity index (χ1v) is 4.73. The molecule has 0 fully saturated rings. The number of hydrogen-bond donors (Lipinski definition) is 1. The monoisotopic (exact) mass is 264 g/mol. The number of ether oxygens (including phenoxy) is 1. The van der Waals surface area contributed by atoms with E-state index in [-0.39, 0.29) is 5.56 Å². The zero-order valence-electron chi connectivity index (χ0n) is 8.98. The Bertz CT molecular complexity index is 447. The van der Waals surface area contributed by atoms with Gasteiger partial charge in [-0.15, -0.1) is 13.2 Å². The van der Waals surface area contributed by atoms with Crippen molar-refractivity contribution in [3.63, 3.8) is 0 Å². The Labute approximate surface area is 99.9 Å². The molecule has 0 aliphatic carbocycles. The lowest BCUT2D eigenvalue weighted by Gasteiger charge is -2.16. The number of hydrogen-bond acceptors (Lipinski definition) is 4. The van der Waals surface area contributed by atoms with Crippen LogP contribution in [0.2, 0.25) is 0 Å². The van der Waals surface area contributed by atoms with Crippen LogP contribution in [0.5, 0.6) is 5.75 Å². The molecule has 0 saturated carbocycles. The highest BCUT2D eigenvalue weighted by Gasteiger charge is 2.36. The molecule has 1 unspecified atom stereocenters. The summed E-state index contributed by atoms with van der Waals surface area (Å²) >= 11 is 0. The van der Waals surface area contributed by atoms with Crippen LogP contribution in [-0.2, 0) is 0 Å². The number of halogens is 3. The third-order valence-corrected chi connectivity index (χ3v) is 2.10. The van der Waals surface area contributed by atoms with Gasteiger partial charge in [0.15, 0.2) is 0 Å². The summed E-state index contributed by atoms with van der Waals surface area (Å²) in [4.78, 5) is 9.65. The van der Waals surface area contributed by atoms with Gasteiger partial charge in [0.05, 0.1) is 11.5 Å². The lowest BCUT2D eigenvalue weighted by Crippen LogP contribution is -2.20. The fourth-order valence-corrected chi connectivity index (χ4v) is 1.33. The number of benzene rings is 1. The number of aliphatic hydroxyl groups is 1. The van der Waals surface area contributed by atoms with Crippen molar-refractivity contribution < 1.29 is 27.9 Å². The van der Waals surface area contributed by atoms with E-state index in [9.17, 15) is 23.3 Å². The fourth-order valence-electron chi connectivity index (χ4n) is 1.33. The number of nitro benzene ring substituents is 1. The number of para-hydroxylation sites is 1. The third kappa shape index (κ3) is 3.33. The minimum atomic E-state index is -5.06. The van der Waals surface area contributed by atoms with Crippen LogP contribution in [0.15, 0.2) is 18.2 Å². The largest absolute Gasteiger partial charge is 0.573 e. The molecular formula is C10H9F3NO4. The second-order valence-corrected chi connectivity index (χ2v) is 3.38. The van der Waals surface area contributed by atoms with E-state index >= 15 is 0 Å². The highest BCUT2D eigenvalue weighted by Crippen LogP contribution is 2.38. The highest BCUT2D eigenvalue weighted by molar-refractivity contribution is 5.53. The van der Waals surface area contributed by atoms with E-state index in [4.69, 9.17) is 5.11 Å². The van der Waals surface area contributed by atoms with Crippen molar-refractivity contribution in [1.29, 1.82) is 0 Å². The molecule has 0 spiro atoms. The zero-order chi connectivity index (χ0) is 13.9. The van der Waals surface area contributed by atoms with Crippen molar-refractivity contribution in [2.75, 3.05) is 6.61 Å². The van der Waals surface area contributed by atoms with Crippen LogP contribution in [-0.4, -0.2) is 23.0 Å². The maximum absolute atomic E-state index is 12.2. The van der Waals surface area contributed by atoms with E-state index < -0.39 is 35.2 Å². The standard InChI is InChI=1S/C10H9F3NO4/c1-6(5-15)7-3-2-4-8(14(16)17)9(7)18-10(11,12)13/h2-4,6,15H,1,5H2. The quantitative estimate of drug-likeness (QED) is 0.669. The van der Waals surface area contributed by atoms with Crippen LogP contribution >= 0.6 is 0 Å². The van der Waals surface area contributed by atoms with Crippen molar-refractivity contribution >= 4 is 5.69 Å². The van der Waals surface area contributed by atoms with Crippen LogP contribution in [0.3, 0.4) is 0 Å². The minimum absolute atomic E-state index is 0.177. The van der Waals surface area contributed by atoms with Gasteiger partial charge >= 0.3 is 12.0 Å². The Morgan fingerprint density at radius 3 is 2.56 bits per heavy atom. The van der Waals surface area contributed by atoms with Gasteiger partial charge in [-0.25, -0.2) is 0 Å². The number of rotatable bonds is 4. The average molecular weight is 264 g/mol. The summed E-state index contributed by atoms with van der Waals surface area (Å²) in [6.45, 7) is 2.84. The van der Waals surface area contributed by atoms with Crippen molar-refractivity contribution in [2.24, 2.45) is 0 Å². The molecule has 18 heavy (non-hydrogen) atoms. The first kappa shape index (κ1) is 14.2. The van der Waals surface area contributed by atoms with Crippen LogP contribution in [0.1, 0.15) is 11.5 Å². The van der Waals surface area contributed by atoms with Gasteiger partial charge in [0.1, 0.15) is 0 Å². The average Bonchev–Trinajstić information content (AvgIpc) is 2.25. The molecule has 0 saturated heterocycles. The minimum Gasteiger partial charge on any atom is -0.398 e. The predicted octanol–water partition coefficient (Wildman–Crippen LogP) is 2.40. The molecule has 0 aliphatic heterocycles. The summed E-state index contributed by atoms with van der Waals surface area (Å²) in [7, 11) is 0. The summed E-state index contributed by atoms with van der Waals surface area (Å²) in [6.07, 6.45) is -5.06. The molecule has 1 atom stereocenters. The molecule has 0 amide bonds. The molecule has 1 rings (SSSR count). The summed E-state index contributed by atoms with van der Waals surface area (Å²) in [5.41, 5.74) is -1.00. The normalized spacial score (nSPS) is 13.2. The summed E-state index contributed by atoms with van der Waals surface area (Å²) in [6, 6.07) is 3.27. The molecule has 1 aromatic rings. The lowest BCUT2D eigenvalue weighted by molar-refractivity contribution is -0.388. The van der Waals surface area contributed by atoms with Crippen molar-refractivity contribution in [3.05, 3.63) is 40.8 Å². The Hall–Kier alpha value is -1.83. The first-order valence-electron chi connectivity index (χ1n) is 4.73. The number of nitro groups is 1. The predicted molar refractivity (Wildman–Crippen MR) is 55.0 cm³/mol. The Morgan fingerprint density at radius 2 is 2.11 bits per heavy atom. The molecule has 8 heteroatoms. The van der Waals surface area contributed by atoms with Gasteiger partial charge in [0.25, 0.3) is 0 Å². The second-order valence-electron chi connectivity index (χ2n) is 3.38. The molecule has 5 nitrogen and oxygen atoms in total. The maximum Gasteiger partial charge on any atom is 0.573 e. The smallest absolute Gasteiger partial charge is 0.398 e. The third-order valence-electron chi connectivity index (χ3n) is 2.10. The maximum atomic E-state index is 12.2. The van der Waals surface area contributed by atoms with Gasteiger partial charge in [0.2, 0.25) is 5.75 Å². The van der Waals surface area contributed by atoms with Crippen LogP contribution in [0.25, 0.3) is 0 Å². The van der Waals surface area contributed by atoms with Crippen LogP contribution < -0.4 is 4.74 Å². The molecule has 1 radical (unpaired) electrons. The number of aliphatic hydroxyl groups excluding tert-OH is 1. The number of alkyl halides is 3. The summed E-state index contributed by atoms with van der Waals surface area (Å²) < 4.78 is 40.3.